The fourth-order valence-corrected chi connectivity index (χ4v) is 3.60. The molecule has 0 aromatic carbocycles. The average molecular weight is 333 g/mol. The van der Waals surface area contributed by atoms with E-state index in [4.69, 9.17) is 10.3 Å². The third-order valence-electron chi connectivity index (χ3n) is 3.55. The Morgan fingerprint density at radius 2 is 1.82 bits per heavy atom. The third-order valence-corrected chi connectivity index (χ3v) is 5.18. The number of azide groups is 1. The van der Waals surface area contributed by atoms with E-state index in [1.54, 1.807) is 6.26 Å². The fourth-order valence-electron chi connectivity index (χ4n) is 1.96. The van der Waals surface area contributed by atoms with Crippen LogP contribution in [0.5, 0.6) is 0 Å². The van der Waals surface area contributed by atoms with Gasteiger partial charge in [0.15, 0.2) is 0 Å². The first-order valence-corrected chi connectivity index (χ1v) is 9.55. The first-order valence-electron chi connectivity index (χ1n) is 7.46. The minimum atomic E-state index is -2.40. The van der Waals surface area contributed by atoms with Crippen LogP contribution in [-0.2, 0) is 14.4 Å². The maximum absolute atomic E-state index is 12.5. The maximum atomic E-state index is 12.5. The molecule has 0 radical (unpaired) electrons. The Bertz CT molecular complexity index is 497. The second-order valence-corrected chi connectivity index (χ2v) is 10.2. The Labute approximate surface area is 136 Å². The molecule has 7 heteroatoms. The Balaban J connectivity index is 5.31. The van der Waals surface area contributed by atoms with Crippen LogP contribution in [0, 0.1) is 5.41 Å². The van der Waals surface area contributed by atoms with Gasteiger partial charge in [-0.2, -0.15) is 0 Å². The molecule has 0 fully saturated rings. The lowest BCUT2D eigenvalue weighted by atomic mass is 9.90. The van der Waals surface area contributed by atoms with E-state index in [-0.39, 0.29) is 29.7 Å². The van der Waals surface area contributed by atoms with Crippen LogP contribution in [0.25, 0.3) is 10.4 Å². The largest absolute Gasteiger partial charge is 0.373 e. The van der Waals surface area contributed by atoms with Gasteiger partial charge < -0.3 is 4.74 Å². The Hall–Kier alpha value is -0.750. The molecule has 0 rings (SSSR count). The van der Waals surface area contributed by atoms with Gasteiger partial charge in [0.1, 0.15) is 0 Å². The molecule has 0 aliphatic rings. The molecule has 0 spiro atoms. The summed E-state index contributed by atoms with van der Waals surface area (Å²) in [6.45, 7) is 14.8. The van der Waals surface area contributed by atoms with Crippen molar-refractivity contribution < 1.29 is 8.95 Å². The Kier molecular flexibility index (Phi) is 7.42. The molecule has 0 aliphatic carbocycles. The predicted octanol–water partition coefficient (Wildman–Crippen LogP) is 3.48. The van der Waals surface area contributed by atoms with Crippen LogP contribution in [0.15, 0.2) is 5.11 Å². The molecule has 0 saturated carbocycles. The highest BCUT2D eigenvalue weighted by molar-refractivity contribution is 7.97. The summed E-state index contributed by atoms with van der Waals surface area (Å²) < 4.78 is 20.4. The van der Waals surface area contributed by atoms with E-state index in [2.05, 4.69) is 36.7 Å². The zero-order chi connectivity index (χ0) is 17.8. The van der Waals surface area contributed by atoms with Crippen LogP contribution in [0.4, 0.5) is 0 Å². The fraction of sp³-hybridized carbons (Fsp3) is 0.933. The van der Waals surface area contributed by atoms with Gasteiger partial charge in [0.2, 0.25) is 0 Å². The van der Waals surface area contributed by atoms with Gasteiger partial charge in [-0.15, -0.1) is 0 Å². The summed E-state index contributed by atoms with van der Waals surface area (Å²) in [6.07, 6.45) is 1.27. The predicted molar refractivity (Wildman–Crippen MR) is 95.4 cm³/mol. The Morgan fingerprint density at radius 1 is 1.32 bits per heavy atom. The van der Waals surface area contributed by atoms with Crippen molar-refractivity contribution in [3.8, 4) is 0 Å². The minimum absolute atomic E-state index is 0.0223. The molecule has 0 N–H and O–H groups in total. The van der Waals surface area contributed by atoms with Crippen molar-refractivity contribution in [2.45, 2.75) is 66.2 Å². The quantitative estimate of drug-likeness (QED) is 0.310. The van der Waals surface area contributed by atoms with E-state index in [1.807, 2.05) is 32.0 Å². The van der Waals surface area contributed by atoms with Crippen molar-refractivity contribution >= 4 is 15.6 Å². The molecule has 3 atom stereocenters. The van der Waals surface area contributed by atoms with E-state index in [9.17, 15) is 4.21 Å². The van der Waals surface area contributed by atoms with Gasteiger partial charge in [-0.25, -0.2) is 4.31 Å². The highest BCUT2D eigenvalue weighted by Gasteiger charge is 2.31. The van der Waals surface area contributed by atoms with Crippen LogP contribution in [0.1, 0.15) is 48.5 Å². The maximum Gasteiger partial charge on any atom is 0.0772 e. The number of ether oxygens (including phenoxy) is 1. The molecule has 22 heavy (non-hydrogen) atoms. The smallest absolute Gasteiger partial charge is 0.0772 e. The summed E-state index contributed by atoms with van der Waals surface area (Å²) in [5, 5.41) is 3.64. The summed E-state index contributed by atoms with van der Waals surface area (Å²) in [5.41, 5.74) is 8.23. The summed E-state index contributed by atoms with van der Waals surface area (Å²) in [7, 11) is -2.40. The van der Waals surface area contributed by atoms with Crippen LogP contribution in [0.2, 0.25) is 0 Å². The number of hydrogen-bond donors (Lipinski definition) is 0. The summed E-state index contributed by atoms with van der Waals surface area (Å²) in [5.74, 6) is 3.79. The van der Waals surface area contributed by atoms with Crippen LogP contribution >= 0.6 is 0 Å². The van der Waals surface area contributed by atoms with Gasteiger partial charge in [-0.3, -0.25) is 4.21 Å². The molecule has 0 bridgehead atoms. The van der Waals surface area contributed by atoms with E-state index < -0.39 is 9.71 Å². The Morgan fingerprint density at radius 3 is 2.14 bits per heavy atom. The first-order chi connectivity index (χ1) is 9.69. The average Bonchev–Trinajstić information content (AvgIpc) is 2.27. The molecule has 3 unspecified atom stereocenters. The summed E-state index contributed by atoms with van der Waals surface area (Å²) in [6, 6.07) is 0. The molecule has 0 aliphatic heterocycles. The lowest BCUT2D eigenvalue weighted by Gasteiger charge is -2.40. The summed E-state index contributed by atoms with van der Waals surface area (Å²) in [4.78, 5) is 2.82. The molecular weight excluding hydrogens is 300 g/mol. The topological polar surface area (TPSA) is 78.3 Å². The minimum Gasteiger partial charge on any atom is -0.373 e. The van der Waals surface area contributed by atoms with Crippen molar-refractivity contribution in [1.29, 1.82) is 0 Å². The van der Waals surface area contributed by atoms with Crippen LogP contribution < -0.4 is 0 Å². The molecule has 0 amide bonds. The zero-order valence-electron chi connectivity index (χ0n) is 15.3. The SMILES string of the molecule is C=S(C)(=O)N(CC(CN=[N+]=[N-])OC(C)C(C)(C)C)C(C)(C)C. The van der Waals surface area contributed by atoms with Gasteiger partial charge in [-0.1, -0.05) is 25.9 Å². The van der Waals surface area contributed by atoms with Crippen LogP contribution in [-0.4, -0.2) is 51.5 Å². The van der Waals surface area contributed by atoms with Crippen molar-refractivity contribution in [2.75, 3.05) is 19.3 Å². The molecular formula is C15H32N4O2S. The first kappa shape index (κ1) is 21.2. The zero-order valence-corrected chi connectivity index (χ0v) is 16.1. The van der Waals surface area contributed by atoms with Gasteiger partial charge in [0, 0.05) is 33.0 Å². The second kappa shape index (κ2) is 7.68. The lowest BCUT2D eigenvalue weighted by Crippen LogP contribution is -2.50. The normalized spacial score (nSPS) is 18.4. The van der Waals surface area contributed by atoms with Crippen molar-refractivity contribution in [2.24, 2.45) is 10.5 Å². The van der Waals surface area contributed by atoms with Crippen molar-refractivity contribution in [3.63, 3.8) is 0 Å². The summed E-state index contributed by atoms with van der Waals surface area (Å²) >= 11 is 0. The molecule has 0 heterocycles. The van der Waals surface area contributed by atoms with E-state index in [0.717, 1.165) is 0 Å². The van der Waals surface area contributed by atoms with Gasteiger partial charge >= 0.3 is 0 Å². The van der Waals surface area contributed by atoms with E-state index in [1.165, 1.54) is 0 Å². The van der Waals surface area contributed by atoms with Gasteiger partial charge in [0.25, 0.3) is 0 Å². The van der Waals surface area contributed by atoms with Crippen molar-refractivity contribution in [3.05, 3.63) is 10.4 Å². The number of nitrogens with zero attached hydrogens (tertiary/aromatic N) is 4. The van der Waals surface area contributed by atoms with E-state index in [0.29, 0.717) is 6.54 Å². The number of hydrogen-bond acceptors (Lipinski definition) is 3. The standard InChI is InChI=1S/C15H32N4O2S/c1-12(14(2,3)4)21-13(10-17-18-16)11-19(15(5,6)7)22(8,9)20/h12-13H,8,10-11H2,1-7,9H3. The highest BCUT2D eigenvalue weighted by atomic mass is 32.2. The third kappa shape index (κ3) is 7.49. The molecule has 130 valence electrons. The second-order valence-electron chi connectivity index (χ2n) is 7.87. The molecule has 6 nitrogen and oxygen atoms in total. The molecule has 0 saturated heterocycles. The molecule has 0 aromatic heterocycles. The number of rotatable bonds is 7. The van der Waals surface area contributed by atoms with Gasteiger partial charge in [-0.05, 0) is 44.5 Å². The molecule has 0 aromatic rings. The van der Waals surface area contributed by atoms with Crippen LogP contribution in [0.3, 0.4) is 0 Å². The van der Waals surface area contributed by atoms with Crippen molar-refractivity contribution in [1.82, 2.24) is 4.31 Å². The highest BCUT2D eigenvalue weighted by Crippen LogP contribution is 2.25. The van der Waals surface area contributed by atoms with E-state index >= 15 is 0 Å². The monoisotopic (exact) mass is 332 g/mol. The lowest BCUT2D eigenvalue weighted by molar-refractivity contribution is -0.0603. The van der Waals surface area contributed by atoms with Gasteiger partial charge in [0.05, 0.1) is 18.8 Å².